The fraction of sp³-hybridized carbons (Fsp3) is 0.231. The summed E-state index contributed by atoms with van der Waals surface area (Å²) in [5.41, 5.74) is 3.57. The molecule has 0 aromatic heterocycles. The Morgan fingerprint density at radius 3 is 2.23 bits per heavy atom. The van der Waals surface area contributed by atoms with E-state index in [2.05, 4.69) is 10.6 Å². The van der Waals surface area contributed by atoms with E-state index in [0.29, 0.717) is 18.7 Å². The van der Waals surface area contributed by atoms with Gasteiger partial charge in [0.05, 0.1) is 0 Å². The minimum Gasteiger partial charge on any atom is -0.489 e. The molecule has 0 atom stereocenters. The van der Waals surface area contributed by atoms with E-state index in [-0.39, 0.29) is 17.7 Å². The van der Waals surface area contributed by atoms with Crippen molar-refractivity contribution in [3.8, 4) is 5.75 Å². The minimum atomic E-state index is -0.122. The lowest BCUT2D eigenvalue weighted by molar-refractivity contribution is -0.117. The van der Waals surface area contributed by atoms with E-state index in [0.717, 1.165) is 41.8 Å². The number of hydrogen-bond acceptors (Lipinski definition) is 3. The van der Waals surface area contributed by atoms with Crippen molar-refractivity contribution in [2.75, 3.05) is 11.9 Å². The van der Waals surface area contributed by atoms with Crippen LogP contribution in [0.2, 0.25) is 0 Å². The number of hydrogen-bond donors (Lipinski definition) is 2. The highest BCUT2D eigenvalue weighted by Gasteiger charge is 2.29. The Morgan fingerprint density at radius 2 is 1.55 bits per heavy atom. The lowest BCUT2D eigenvalue weighted by Crippen LogP contribution is -2.25. The highest BCUT2D eigenvalue weighted by molar-refractivity contribution is 5.96. The summed E-state index contributed by atoms with van der Waals surface area (Å²) in [4.78, 5) is 24.1. The van der Waals surface area contributed by atoms with Crippen LogP contribution < -0.4 is 15.4 Å². The van der Waals surface area contributed by atoms with Gasteiger partial charge in [0.1, 0.15) is 12.4 Å². The summed E-state index contributed by atoms with van der Waals surface area (Å²) >= 11 is 0. The van der Waals surface area contributed by atoms with Crippen molar-refractivity contribution in [1.29, 1.82) is 0 Å². The molecule has 0 heterocycles. The van der Waals surface area contributed by atoms with E-state index >= 15 is 0 Å². The molecule has 3 aromatic carbocycles. The summed E-state index contributed by atoms with van der Waals surface area (Å²) in [5, 5.41) is 5.82. The number of carbonyl (C=O) groups is 2. The van der Waals surface area contributed by atoms with Crippen LogP contribution in [0.15, 0.2) is 78.9 Å². The number of rotatable bonds is 9. The van der Waals surface area contributed by atoms with E-state index in [1.807, 2.05) is 54.6 Å². The molecular weight excluding hydrogens is 388 g/mol. The van der Waals surface area contributed by atoms with Gasteiger partial charge in [0.25, 0.3) is 5.91 Å². The lowest BCUT2D eigenvalue weighted by Gasteiger charge is -2.09. The number of nitrogens with one attached hydrogen (secondary N) is 2. The Bertz CT molecular complexity index is 1010. The van der Waals surface area contributed by atoms with E-state index in [1.165, 1.54) is 0 Å². The first-order chi connectivity index (χ1) is 15.2. The summed E-state index contributed by atoms with van der Waals surface area (Å²) in [5.74, 6) is 0.926. The van der Waals surface area contributed by atoms with Crippen molar-refractivity contribution in [3.05, 3.63) is 95.6 Å². The van der Waals surface area contributed by atoms with Crippen LogP contribution in [0.5, 0.6) is 5.75 Å². The molecular formula is C26H26N2O3. The van der Waals surface area contributed by atoms with Crippen LogP contribution in [0, 0.1) is 5.92 Å². The molecule has 1 aliphatic rings. The molecule has 0 unspecified atom stereocenters. The van der Waals surface area contributed by atoms with Gasteiger partial charge in [-0.2, -0.15) is 0 Å². The minimum absolute atomic E-state index is 0.0636. The third-order valence-corrected chi connectivity index (χ3v) is 5.23. The average molecular weight is 415 g/mol. The SMILES string of the molecule is O=C(NCCc1ccc(OCc2ccccc2)cc1)c1ccc(NC(=O)C2CC2)cc1. The molecule has 4 rings (SSSR count). The van der Waals surface area contributed by atoms with Crippen molar-refractivity contribution in [2.45, 2.75) is 25.9 Å². The van der Waals surface area contributed by atoms with Gasteiger partial charge in [0.2, 0.25) is 5.91 Å². The zero-order chi connectivity index (χ0) is 21.5. The molecule has 1 saturated carbocycles. The fourth-order valence-corrected chi connectivity index (χ4v) is 3.21. The maximum absolute atomic E-state index is 12.3. The van der Waals surface area contributed by atoms with Crippen molar-refractivity contribution >= 4 is 17.5 Å². The molecule has 0 aliphatic heterocycles. The molecule has 5 heteroatoms. The first-order valence-electron chi connectivity index (χ1n) is 10.6. The number of ether oxygens (including phenoxy) is 1. The van der Waals surface area contributed by atoms with Gasteiger partial charge in [-0.05, 0) is 66.8 Å². The third kappa shape index (κ3) is 6.19. The monoisotopic (exact) mass is 414 g/mol. The van der Waals surface area contributed by atoms with Crippen LogP contribution >= 0.6 is 0 Å². The topological polar surface area (TPSA) is 67.4 Å². The predicted octanol–water partition coefficient (Wildman–Crippen LogP) is 4.59. The summed E-state index contributed by atoms with van der Waals surface area (Å²) in [6.07, 6.45) is 2.67. The molecule has 1 fully saturated rings. The van der Waals surface area contributed by atoms with E-state index in [1.54, 1.807) is 24.3 Å². The number of benzene rings is 3. The van der Waals surface area contributed by atoms with Gasteiger partial charge >= 0.3 is 0 Å². The Labute approximate surface area is 182 Å². The van der Waals surface area contributed by atoms with Crippen molar-refractivity contribution in [2.24, 2.45) is 5.92 Å². The largest absolute Gasteiger partial charge is 0.489 e. The highest BCUT2D eigenvalue weighted by Crippen LogP contribution is 2.30. The molecule has 5 nitrogen and oxygen atoms in total. The third-order valence-electron chi connectivity index (χ3n) is 5.23. The van der Waals surface area contributed by atoms with E-state index < -0.39 is 0 Å². The number of carbonyl (C=O) groups excluding carboxylic acids is 2. The van der Waals surface area contributed by atoms with Crippen molar-refractivity contribution in [3.63, 3.8) is 0 Å². The standard InChI is InChI=1S/C26H26N2O3/c29-25(21-10-12-23(13-11-21)28-26(30)22-8-9-22)27-17-16-19-6-14-24(15-7-19)31-18-20-4-2-1-3-5-20/h1-7,10-15,22H,8-9,16-18H2,(H,27,29)(H,28,30). The van der Waals surface area contributed by atoms with E-state index in [9.17, 15) is 9.59 Å². The molecule has 2 N–H and O–H groups in total. The van der Waals surface area contributed by atoms with Crippen LogP contribution in [-0.2, 0) is 17.8 Å². The molecule has 158 valence electrons. The second-order valence-electron chi connectivity index (χ2n) is 7.76. The summed E-state index contributed by atoms with van der Waals surface area (Å²) in [7, 11) is 0. The average Bonchev–Trinajstić information content (AvgIpc) is 3.65. The van der Waals surface area contributed by atoms with Gasteiger partial charge in [0, 0.05) is 23.7 Å². The van der Waals surface area contributed by atoms with Crippen LogP contribution in [0.3, 0.4) is 0 Å². The maximum atomic E-state index is 12.3. The second kappa shape index (κ2) is 9.94. The van der Waals surface area contributed by atoms with Gasteiger partial charge < -0.3 is 15.4 Å². The smallest absolute Gasteiger partial charge is 0.251 e. The van der Waals surface area contributed by atoms with Crippen molar-refractivity contribution < 1.29 is 14.3 Å². The van der Waals surface area contributed by atoms with Crippen LogP contribution in [0.1, 0.15) is 34.3 Å². The van der Waals surface area contributed by atoms with Gasteiger partial charge in [-0.1, -0.05) is 42.5 Å². The Hall–Kier alpha value is -3.60. The highest BCUT2D eigenvalue weighted by atomic mass is 16.5. The molecule has 0 spiro atoms. The van der Waals surface area contributed by atoms with Gasteiger partial charge in [-0.25, -0.2) is 0 Å². The zero-order valence-electron chi connectivity index (χ0n) is 17.3. The molecule has 1 aliphatic carbocycles. The first kappa shape index (κ1) is 20.7. The summed E-state index contributed by atoms with van der Waals surface area (Å²) in [6.45, 7) is 1.09. The Morgan fingerprint density at radius 1 is 0.839 bits per heavy atom. The molecule has 3 aromatic rings. The number of amides is 2. The normalized spacial score (nSPS) is 12.8. The Balaban J connectivity index is 1.19. The molecule has 0 bridgehead atoms. The lowest BCUT2D eigenvalue weighted by atomic mass is 10.1. The molecule has 0 saturated heterocycles. The number of anilines is 1. The van der Waals surface area contributed by atoms with Crippen molar-refractivity contribution in [1.82, 2.24) is 5.32 Å². The van der Waals surface area contributed by atoms with E-state index in [4.69, 9.17) is 4.74 Å². The second-order valence-corrected chi connectivity index (χ2v) is 7.76. The van der Waals surface area contributed by atoms with Gasteiger partial charge in [0.15, 0.2) is 0 Å². The first-order valence-corrected chi connectivity index (χ1v) is 10.6. The molecule has 2 amide bonds. The van der Waals surface area contributed by atoms with Crippen LogP contribution in [-0.4, -0.2) is 18.4 Å². The van der Waals surface area contributed by atoms with Gasteiger partial charge in [-0.3, -0.25) is 9.59 Å². The molecule has 0 radical (unpaired) electrons. The van der Waals surface area contributed by atoms with Crippen LogP contribution in [0.4, 0.5) is 5.69 Å². The Kier molecular flexibility index (Phi) is 6.62. The molecule has 31 heavy (non-hydrogen) atoms. The predicted molar refractivity (Wildman–Crippen MR) is 121 cm³/mol. The quantitative estimate of drug-likeness (QED) is 0.538. The fourth-order valence-electron chi connectivity index (χ4n) is 3.21. The summed E-state index contributed by atoms with van der Waals surface area (Å²) in [6, 6.07) is 25.0. The van der Waals surface area contributed by atoms with Gasteiger partial charge in [-0.15, -0.1) is 0 Å². The zero-order valence-corrected chi connectivity index (χ0v) is 17.3. The van der Waals surface area contributed by atoms with Crippen LogP contribution in [0.25, 0.3) is 0 Å². The maximum Gasteiger partial charge on any atom is 0.251 e. The summed E-state index contributed by atoms with van der Waals surface area (Å²) < 4.78 is 5.80.